The van der Waals surface area contributed by atoms with E-state index in [2.05, 4.69) is 5.32 Å². The highest BCUT2D eigenvalue weighted by molar-refractivity contribution is 6.11. The van der Waals surface area contributed by atoms with Gasteiger partial charge in [-0.05, 0) is 24.8 Å². The summed E-state index contributed by atoms with van der Waals surface area (Å²) in [4.78, 5) is 23.8. The standard InChI is InChI=1S/C17H17F3N2O2/c1-2-10-4-3-5-12-13(16(24)17(18,19)20)8-22(15(10)12)9-14(23)21-11-6-7-11/h3-5,8,11H,2,6-7,9H2,1H3,(H,21,23). The van der Waals surface area contributed by atoms with E-state index in [1.54, 1.807) is 12.1 Å². The maximum absolute atomic E-state index is 12.9. The topological polar surface area (TPSA) is 51.1 Å². The van der Waals surface area contributed by atoms with E-state index >= 15 is 0 Å². The largest absolute Gasteiger partial charge is 0.454 e. The van der Waals surface area contributed by atoms with E-state index in [0.29, 0.717) is 11.9 Å². The first-order valence-electron chi connectivity index (χ1n) is 7.83. The number of Topliss-reactive ketones (excluding diaryl/α,β-unsaturated/α-hetero) is 1. The van der Waals surface area contributed by atoms with Gasteiger partial charge in [-0.15, -0.1) is 0 Å². The molecule has 128 valence electrons. The van der Waals surface area contributed by atoms with Crippen molar-refractivity contribution >= 4 is 22.6 Å². The van der Waals surface area contributed by atoms with Crippen LogP contribution in [0, 0.1) is 0 Å². The fourth-order valence-electron chi connectivity index (χ4n) is 2.84. The summed E-state index contributed by atoms with van der Waals surface area (Å²) >= 11 is 0. The lowest BCUT2D eigenvalue weighted by atomic mass is 10.0. The molecule has 1 amide bonds. The Hall–Kier alpha value is -2.31. The molecule has 1 saturated carbocycles. The van der Waals surface area contributed by atoms with E-state index in [1.165, 1.54) is 10.6 Å². The molecule has 0 radical (unpaired) electrons. The van der Waals surface area contributed by atoms with Crippen LogP contribution in [0.3, 0.4) is 0 Å². The van der Waals surface area contributed by atoms with Crippen LogP contribution in [0.15, 0.2) is 24.4 Å². The first kappa shape index (κ1) is 16.5. The van der Waals surface area contributed by atoms with Crippen molar-refractivity contribution in [1.29, 1.82) is 0 Å². The van der Waals surface area contributed by atoms with Crippen LogP contribution < -0.4 is 5.32 Å². The third kappa shape index (κ3) is 3.16. The lowest BCUT2D eigenvalue weighted by Gasteiger charge is -2.09. The van der Waals surface area contributed by atoms with Gasteiger partial charge in [0.05, 0.1) is 11.1 Å². The Morgan fingerprint density at radius 2 is 2.00 bits per heavy atom. The fourth-order valence-corrected chi connectivity index (χ4v) is 2.84. The Labute approximate surface area is 136 Å². The monoisotopic (exact) mass is 338 g/mol. The zero-order chi connectivity index (χ0) is 17.5. The van der Waals surface area contributed by atoms with Crippen molar-refractivity contribution in [3.63, 3.8) is 0 Å². The van der Waals surface area contributed by atoms with Crippen LogP contribution >= 0.6 is 0 Å². The molecule has 0 unspecified atom stereocenters. The first-order valence-corrected chi connectivity index (χ1v) is 7.83. The Morgan fingerprint density at radius 3 is 2.58 bits per heavy atom. The number of amides is 1. The first-order chi connectivity index (χ1) is 11.3. The normalized spacial score (nSPS) is 14.8. The number of carbonyl (C=O) groups excluding carboxylic acids is 2. The Morgan fingerprint density at radius 1 is 1.29 bits per heavy atom. The van der Waals surface area contributed by atoms with Gasteiger partial charge < -0.3 is 9.88 Å². The summed E-state index contributed by atoms with van der Waals surface area (Å²) in [6.45, 7) is 1.77. The third-order valence-electron chi connectivity index (χ3n) is 4.12. The summed E-state index contributed by atoms with van der Waals surface area (Å²) in [5.74, 6) is -2.14. The fraction of sp³-hybridized carbons (Fsp3) is 0.412. The quantitative estimate of drug-likeness (QED) is 0.851. The second-order valence-corrected chi connectivity index (χ2v) is 6.01. The molecule has 1 aromatic carbocycles. The number of halogens is 3. The molecule has 1 aliphatic carbocycles. The molecule has 1 N–H and O–H groups in total. The maximum atomic E-state index is 12.9. The van der Waals surface area contributed by atoms with Gasteiger partial charge in [0.15, 0.2) is 0 Å². The van der Waals surface area contributed by atoms with Crippen molar-refractivity contribution in [3.05, 3.63) is 35.5 Å². The molecule has 2 aromatic rings. The van der Waals surface area contributed by atoms with E-state index in [9.17, 15) is 22.8 Å². The zero-order valence-electron chi connectivity index (χ0n) is 13.1. The minimum absolute atomic E-state index is 0.102. The van der Waals surface area contributed by atoms with Crippen molar-refractivity contribution in [2.75, 3.05) is 0 Å². The van der Waals surface area contributed by atoms with Gasteiger partial charge in [-0.3, -0.25) is 9.59 Å². The molecule has 0 spiro atoms. The van der Waals surface area contributed by atoms with E-state index in [-0.39, 0.29) is 23.9 Å². The number of rotatable bonds is 5. The number of nitrogens with one attached hydrogen (secondary N) is 1. The van der Waals surface area contributed by atoms with Crippen molar-refractivity contribution in [3.8, 4) is 0 Å². The minimum atomic E-state index is -4.95. The summed E-state index contributed by atoms with van der Waals surface area (Å²) in [6, 6.07) is 5.08. The van der Waals surface area contributed by atoms with E-state index in [1.807, 2.05) is 6.92 Å². The van der Waals surface area contributed by atoms with Crippen LogP contribution in [0.1, 0.15) is 35.7 Å². The predicted octanol–water partition coefficient (Wildman–Crippen LogP) is 3.23. The van der Waals surface area contributed by atoms with Crippen LogP contribution in [-0.2, 0) is 17.8 Å². The van der Waals surface area contributed by atoms with E-state index in [0.717, 1.165) is 24.6 Å². The van der Waals surface area contributed by atoms with Gasteiger partial charge >= 0.3 is 6.18 Å². The third-order valence-corrected chi connectivity index (χ3v) is 4.12. The SMILES string of the molecule is CCc1cccc2c(C(=O)C(F)(F)F)cn(CC(=O)NC3CC3)c12. The molecule has 7 heteroatoms. The van der Waals surface area contributed by atoms with Gasteiger partial charge in [0.1, 0.15) is 6.54 Å². The molecular weight excluding hydrogens is 321 g/mol. The number of nitrogens with zero attached hydrogens (tertiary/aromatic N) is 1. The number of alkyl halides is 3. The molecule has 1 heterocycles. The number of para-hydroxylation sites is 1. The molecule has 1 fully saturated rings. The van der Waals surface area contributed by atoms with Crippen LogP contribution in [0.2, 0.25) is 0 Å². The molecule has 1 aromatic heterocycles. The second-order valence-electron chi connectivity index (χ2n) is 6.01. The number of carbonyl (C=O) groups is 2. The summed E-state index contributed by atoms with van der Waals surface area (Å²) in [7, 11) is 0. The van der Waals surface area contributed by atoms with Crippen LogP contribution in [0.25, 0.3) is 10.9 Å². The summed E-state index contributed by atoms with van der Waals surface area (Å²) in [5.41, 5.74) is 0.901. The van der Waals surface area contributed by atoms with E-state index in [4.69, 9.17) is 0 Å². The molecule has 4 nitrogen and oxygen atoms in total. The molecule has 0 saturated heterocycles. The molecule has 0 aliphatic heterocycles. The molecule has 0 atom stereocenters. The Bertz CT molecular complexity index is 804. The summed E-state index contributed by atoms with van der Waals surface area (Å²) in [6.07, 6.45) is -1.36. The molecular formula is C17H17F3N2O2. The number of aryl methyl sites for hydroxylation is 1. The average molecular weight is 338 g/mol. The lowest BCUT2D eigenvalue weighted by Crippen LogP contribution is -2.29. The molecule has 1 aliphatic rings. The lowest BCUT2D eigenvalue weighted by molar-refractivity contribution is -0.121. The van der Waals surface area contributed by atoms with E-state index < -0.39 is 17.5 Å². The molecule has 0 bridgehead atoms. The number of aromatic nitrogens is 1. The van der Waals surface area contributed by atoms with Gasteiger partial charge in [-0.2, -0.15) is 13.2 Å². The number of ketones is 1. The minimum Gasteiger partial charge on any atom is -0.352 e. The molecule has 24 heavy (non-hydrogen) atoms. The van der Waals surface area contributed by atoms with Crippen molar-refractivity contribution in [2.45, 2.75) is 44.9 Å². The van der Waals surface area contributed by atoms with Crippen LogP contribution in [-0.4, -0.2) is 28.5 Å². The Balaban J connectivity index is 2.06. The van der Waals surface area contributed by atoms with Crippen LogP contribution in [0.5, 0.6) is 0 Å². The zero-order valence-corrected chi connectivity index (χ0v) is 13.1. The number of hydrogen-bond acceptors (Lipinski definition) is 2. The van der Waals surface area contributed by atoms with Gasteiger partial charge in [-0.1, -0.05) is 25.1 Å². The molecule has 3 rings (SSSR count). The van der Waals surface area contributed by atoms with Gasteiger partial charge in [-0.25, -0.2) is 0 Å². The van der Waals surface area contributed by atoms with Crippen molar-refractivity contribution in [1.82, 2.24) is 9.88 Å². The highest BCUT2D eigenvalue weighted by Gasteiger charge is 2.41. The van der Waals surface area contributed by atoms with Gasteiger partial charge in [0.2, 0.25) is 5.91 Å². The highest BCUT2D eigenvalue weighted by atomic mass is 19.4. The number of hydrogen-bond donors (Lipinski definition) is 1. The Kier molecular flexibility index (Phi) is 4.11. The van der Waals surface area contributed by atoms with Gasteiger partial charge in [0.25, 0.3) is 5.78 Å². The summed E-state index contributed by atoms with van der Waals surface area (Å²) < 4.78 is 40.0. The predicted molar refractivity (Wildman–Crippen MR) is 82.9 cm³/mol. The number of fused-ring (bicyclic) bond motifs is 1. The number of benzene rings is 1. The van der Waals surface area contributed by atoms with Crippen molar-refractivity contribution < 1.29 is 22.8 Å². The second kappa shape index (κ2) is 5.96. The highest BCUT2D eigenvalue weighted by Crippen LogP contribution is 2.30. The van der Waals surface area contributed by atoms with Crippen LogP contribution in [0.4, 0.5) is 13.2 Å². The average Bonchev–Trinajstić information content (AvgIpc) is 3.25. The maximum Gasteiger partial charge on any atom is 0.454 e. The van der Waals surface area contributed by atoms with Gasteiger partial charge in [0, 0.05) is 17.6 Å². The smallest absolute Gasteiger partial charge is 0.352 e. The van der Waals surface area contributed by atoms with Crippen molar-refractivity contribution in [2.24, 2.45) is 0 Å². The summed E-state index contributed by atoms with van der Waals surface area (Å²) in [5, 5.41) is 3.04.